The minimum atomic E-state index is -0.616. The van der Waals surface area contributed by atoms with Crippen LogP contribution in [0.2, 0.25) is 0 Å². The normalized spacial score (nSPS) is 15.2. The van der Waals surface area contributed by atoms with Crippen LogP contribution in [0, 0.1) is 0 Å². The van der Waals surface area contributed by atoms with Crippen LogP contribution in [0.4, 0.5) is 11.4 Å². The Kier molecular flexibility index (Phi) is 6.10. The number of nitrogens with one attached hydrogen (secondary N) is 2. The van der Waals surface area contributed by atoms with Crippen molar-refractivity contribution < 1.29 is 23.9 Å². The van der Waals surface area contributed by atoms with Crippen molar-refractivity contribution in [3.05, 3.63) is 54.1 Å². The topological polar surface area (TPSA) is 102 Å². The Morgan fingerprint density at radius 2 is 1.82 bits per heavy atom. The Labute approximate surface area is 165 Å². The summed E-state index contributed by atoms with van der Waals surface area (Å²) < 4.78 is 5.04. The first-order valence-corrected chi connectivity index (χ1v) is 9.43. The van der Waals surface area contributed by atoms with Crippen molar-refractivity contribution in [2.75, 3.05) is 17.2 Å². The molecule has 2 aromatic carbocycles. The Balaban J connectivity index is 1.51. The van der Waals surface area contributed by atoms with Gasteiger partial charge in [0.2, 0.25) is 11.8 Å². The maximum Gasteiger partial charge on any atom is 0.307 e. The van der Waals surface area contributed by atoms with E-state index in [1.54, 1.807) is 30.3 Å². The van der Waals surface area contributed by atoms with E-state index in [0.717, 1.165) is 10.6 Å². The van der Waals surface area contributed by atoms with Crippen LogP contribution >= 0.6 is 11.8 Å². The van der Waals surface area contributed by atoms with Gasteiger partial charge in [-0.2, -0.15) is 0 Å². The van der Waals surface area contributed by atoms with Gasteiger partial charge in [0.25, 0.3) is 0 Å². The van der Waals surface area contributed by atoms with E-state index in [9.17, 15) is 19.2 Å². The van der Waals surface area contributed by atoms with Crippen LogP contribution in [0.15, 0.2) is 53.4 Å². The van der Waals surface area contributed by atoms with Gasteiger partial charge in [0.1, 0.15) is 0 Å². The third-order valence-electron chi connectivity index (χ3n) is 3.95. The molecular weight excluding hydrogens is 380 g/mol. The lowest BCUT2D eigenvalue weighted by Crippen LogP contribution is -2.31. The van der Waals surface area contributed by atoms with Gasteiger partial charge in [0, 0.05) is 23.1 Å². The summed E-state index contributed by atoms with van der Waals surface area (Å²) in [6, 6.07) is 13.6. The number of esters is 1. The number of fused-ring (bicyclic) bond motifs is 1. The fourth-order valence-corrected chi connectivity index (χ4v) is 3.70. The van der Waals surface area contributed by atoms with Gasteiger partial charge in [-0.25, -0.2) is 0 Å². The number of ether oxygens (including phenoxy) is 1. The maximum absolute atomic E-state index is 12.2. The predicted octanol–water partition coefficient (Wildman–Crippen LogP) is 2.87. The third-order valence-corrected chi connectivity index (χ3v) is 5.23. The van der Waals surface area contributed by atoms with Gasteiger partial charge < -0.3 is 15.4 Å². The summed E-state index contributed by atoms with van der Waals surface area (Å²) in [5, 5.41) is 4.76. The molecule has 28 heavy (non-hydrogen) atoms. The van der Waals surface area contributed by atoms with Crippen molar-refractivity contribution >= 4 is 46.7 Å². The van der Waals surface area contributed by atoms with Crippen LogP contribution in [0.25, 0.3) is 0 Å². The number of carbonyl (C=O) groups is 4. The molecule has 7 nitrogen and oxygen atoms in total. The number of Topliss-reactive ketones (excluding diaryl/α,β-unsaturated/α-hetero) is 1. The molecule has 0 saturated heterocycles. The molecule has 3 rings (SSSR count). The summed E-state index contributed by atoms with van der Waals surface area (Å²) in [5.41, 5.74) is 1.65. The highest BCUT2D eigenvalue weighted by Gasteiger charge is 2.29. The van der Waals surface area contributed by atoms with Crippen molar-refractivity contribution in [3.63, 3.8) is 0 Å². The Bertz CT molecular complexity index is 926. The van der Waals surface area contributed by atoms with Crippen molar-refractivity contribution in [1.29, 1.82) is 0 Å². The SMILES string of the molecule is CC(=O)Nc1ccc(C(=O)COC(=O)C[C@H]2Sc3ccccc3NC2=O)cc1. The molecule has 0 aliphatic carbocycles. The van der Waals surface area contributed by atoms with E-state index >= 15 is 0 Å². The molecule has 2 N–H and O–H groups in total. The molecule has 144 valence electrons. The molecule has 8 heteroatoms. The van der Waals surface area contributed by atoms with Crippen molar-refractivity contribution in [1.82, 2.24) is 0 Å². The van der Waals surface area contributed by atoms with Gasteiger partial charge in [0.05, 0.1) is 17.4 Å². The molecule has 1 aliphatic rings. The average molecular weight is 398 g/mol. The van der Waals surface area contributed by atoms with E-state index in [-0.39, 0.29) is 24.0 Å². The molecule has 0 spiro atoms. The van der Waals surface area contributed by atoms with E-state index in [2.05, 4.69) is 10.6 Å². The van der Waals surface area contributed by atoms with E-state index in [1.165, 1.54) is 18.7 Å². The number of thioether (sulfide) groups is 1. The second-order valence-electron chi connectivity index (χ2n) is 6.14. The van der Waals surface area contributed by atoms with Gasteiger partial charge >= 0.3 is 5.97 Å². The molecule has 0 radical (unpaired) electrons. The van der Waals surface area contributed by atoms with E-state index in [4.69, 9.17) is 4.74 Å². The minimum absolute atomic E-state index is 0.125. The zero-order valence-corrected chi connectivity index (χ0v) is 15.9. The zero-order chi connectivity index (χ0) is 20.1. The van der Waals surface area contributed by atoms with Gasteiger partial charge in [0.15, 0.2) is 12.4 Å². The summed E-state index contributed by atoms with van der Waals surface area (Å²) in [7, 11) is 0. The molecule has 1 atom stereocenters. The van der Waals surface area contributed by atoms with Gasteiger partial charge in [-0.1, -0.05) is 12.1 Å². The predicted molar refractivity (Wildman–Crippen MR) is 105 cm³/mol. The molecule has 0 saturated carbocycles. The summed E-state index contributed by atoms with van der Waals surface area (Å²) in [4.78, 5) is 48.2. The molecule has 0 bridgehead atoms. The van der Waals surface area contributed by atoms with E-state index in [0.29, 0.717) is 11.3 Å². The van der Waals surface area contributed by atoms with Crippen molar-refractivity contribution in [3.8, 4) is 0 Å². The number of ketones is 1. The van der Waals surface area contributed by atoms with E-state index in [1.807, 2.05) is 18.2 Å². The number of amides is 2. The van der Waals surface area contributed by atoms with Crippen LogP contribution in [0.1, 0.15) is 23.7 Å². The molecular formula is C20H18N2O5S. The molecule has 1 aliphatic heterocycles. The number of anilines is 2. The monoisotopic (exact) mass is 398 g/mol. The van der Waals surface area contributed by atoms with Gasteiger partial charge in [-0.15, -0.1) is 11.8 Å². The van der Waals surface area contributed by atoms with Crippen LogP contribution in [0.5, 0.6) is 0 Å². The van der Waals surface area contributed by atoms with Crippen LogP contribution < -0.4 is 10.6 Å². The van der Waals surface area contributed by atoms with Crippen LogP contribution in [-0.4, -0.2) is 35.4 Å². The quantitative estimate of drug-likeness (QED) is 0.573. The lowest BCUT2D eigenvalue weighted by atomic mass is 10.1. The third kappa shape index (κ3) is 4.98. The standard InChI is InChI=1S/C20H18N2O5S/c1-12(23)21-14-8-6-13(7-9-14)16(24)11-27-19(25)10-18-20(26)22-15-4-2-3-5-17(15)28-18/h2-9,18H,10-11H2,1H3,(H,21,23)(H,22,26)/t18-/m1/s1. The largest absolute Gasteiger partial charge is 0.457 e. The van der Waals surface area contributed by atoms with Crippen LogP contribution in [-0.2, 0) is 19.1 Å². The summed E-state index contributed by atoms with van der Waals surface area (Å²) >= 11 is 1.30. The Morgan fingerprint density at radius 3 is 2.54 bits per heavy atom. The minimum Gasteiger partial charge on any atom is -0.457 e. The Hall–Kier alpha value is -3.13. The molecule has 1 heterocycles. The highest BCUT2D eigenvalue weighted by molar-refractivity contribution is 8.01. The molecule has 0 aromatic heterocycles. The van der Waals surface area contributed by atoms with Crippen molar-refractivity contribution in [2.24, 2.45) is 0 Å². The first kappa shape index (κ1) is 19.6. The fourth-order valence-electron chi connectivity index (χ4n) is 2.61. The highest BCUT2D eigenvalue weighted by Crippen LogP contribution is 2.36. The Morgan fingerprint density at radius 1 is 1.11 bits per heavy atom. The number of benzene rings is 2. The number of rotatable bonds is 6. The average Bonchev–Trinajstić information content (AvgIpc) is 2.67. The smallest absolute Gasteiger partial charge is 0.307 e. The second-order valence-corrected chi connectivity index (χ2v) is 7.38. The fraction of sp³-hybridized carbons (Fsp3) is 0.200. The maximum atomic E-state index is 12.2. The number of para-hydroxylation sites is 1. The summed E-state index contributed by atoms with van der Waals surface area (Å²) in [5.74, 6) is -1.45. The second kappa shape index (κ2) is 8.71. The number of hydrogen-bond donors (Lipinski definition) is 2. The number of hydrogen-bond acceptors (Lipinski definition) is 6. The summed E-state index contributed by atoms with van der Waals surface area (Å²) in [6.07, 6.45) is -0.125. The lowest BCUT2D eigenvalue weighted by molar-refractivity contribution is -0.143. The first-order valence-electron chi connectivity index (χ1n) is 8.55. The highest BCUT2D eigenvalue weighted by atomic mass is 32.2. The lowest BCUT2D eigenvalue weighted by Gasteiger charge is -2.23. The first-order chi connectivity index (χ1) is 13.4. The van der Waals surface area contributed by atoms with Gasteiger partial charge in [-0.3, -0.25) is 19.2 Å². The molecule has 2 amide bonds. The molecule has 2 aromatic rings. The van der Waals surface area contributed by atoms with E-state index < -0.39 is 17.8 Å². The zero-order valence-electron chi connectivity index (χ0n) is 15.1. The van der Waals surface area contributed by atoms with Crippen LogP contribution in [0.3, 0.4) is 0 Å². The molecule has 0 unspecified atom stereocenters. The molecule has 0 fully saturated rings. The van der Waals surface area contributed by atoms with Crippen molar-refractivity contribution in [2.45, 2.75) is 23.5 Å². The summed E-state index contributed by atoms with van der Waals surface area (Å²) in [6.45, 7) is 0.982. The van der Waals surface area contributed by atoms with Gasteiger partial charge in [-0.05, 0) is 36.4 Å². The number of carbonyl (C=O) groups excluding carboxylic acids is 4.